The van der Waals surface area contributed by atoms with Crippen molar-refractivity contribution in [2.45, 2.75) is 24.9 Å². The SMILES string of the molecule is FC(F)(F)c1cc2c(cc1Cl)N1CCCC2C1. The summed E-state index contributed by atoms with van der Waals surface area (Å²) >= 11 is 5.74. The molecule has 0 saturated carbocycles. The Balaban J connectivity index is 2.14. The number of nitrogens with zero attached hydrogens (tertiary/aromatic N) is 1. The van der Waals surface area contributed by atoms with E-state index in [-0.39, 0.29) is 10.9 Å². The van der Waals surface area contributed by atoms with Crippen LogP contribution in [0.3, 0.4) is 0 Å². The lowest BCUT2D eigenvalue weighted by Gasteiger charge is -2.24. The second-order valence-electron chi connectivity index (χ2n) is 4.67. The summed E-state index contributed by atoms with van der Waals surface area (Å²) < 4.78 is 38.3. The Bertz CT molecular complexity index is 470. The van der Waals surface area contributed by atoms with Gasteiger partial charge in [-0.15, -0.1) is 0 Å². The molecule has 1 fully saturated rings. The molecule has 5 heteroatoms. The van der Waals surface area contributed by atoms with Crippen LogP contribution in [0.5, 0.6) is 0 Å². The Hall–Kier alpha value is -0.900. The molecule has 1 aromatic carbocycles. The van der Waals surface area contributed by atoms with Crippen LogP contribution in [-0.4, -0.2) is 13.1 Å². The molecule has 17 heavy (non-hydrogen) atoms. The first-order valence-electron chi connectivity index (χ1n) is 5.62. The maximum absolute atomic E-state index is 12.8. The second kappa shape index (κ2) is 3.55. The molecule has 3 rings (SSSR count). The van der Waals surface area contributed by atoms with Crippen molar-refractivity contribution in [3.8, 4) is 0 Å². The fourth-order valence-electron chi connectivity index (χ4n) is 2.85. The van der Waals surface area contributed by atoms with Gasteiger partial charge in [-0.3, -0.25) is 0 Å². The Morgan fingerprint density at radius 3 is 2.76 bits per heavy atom. The van der Waals surface area contributed by atoms with Crippen LogP contribution in [0.15, 0.2) is 12.1 Å². The zero-order valence-corrected chi connectivity index (χ0v) is 9.78. The van der Waals surface area contributed by atoms with Gasteiger partial charge in [0.15, 0.2) is 0 Å². The highest BCUT2D eigenvalue weighted by Crippen LogP contribution is 2.47. The van der Waals surface area contributed by atoms with E-state index in [1.807, 2.05) is 0 Å². The van der Waals surface area contributed by atoms with Crippen LogP contribution in [0.1, 0.15) is 29.9 Å². The van der Waals surface area contributed by atoms with Crippen LogP contribution in [0.2, 0.25) is 5.02 Å². The lowest BCUT2D eigenvalue weighted by atomic mass is 9.94. The number of halogens is 4. The molecule has 1 atom stereocenters. The molecular weight excluding hydrogens is 251 g/mol. The van der Waals surface area contributed by atoms with Gasteiger partial charge in [0, 0.05) is 24.7 Å². The van der Waals surface area contributed by atoms with E-state index in [1.165, 1.54) is 12.1 Å². The van der Waals surface area contributed by atoms with Crippen molar-refractivity contribution in [3.05, 3.63) is 28.3 Å². The van der Waals surface area contributed by atoms with E-state index < -0.39 is 11.7 Å². The first-order chi connectivity index (χ1) is 7.97. The molecule has 0 aliphatic carbocycles. The van der Waals surface area contributed by atoms with Gasteiger partial charge >= 0.3 is 6.18 Å². The number of piperidine rings is 1. The zero-order chi connectivity index (χ0) is 12.2. The monoisotopic (exact) mass is 261 g/mol. The largest absolute Gasteiger partial charge is 0.417 e. The summed E-state index contributed by atoms with van der Waals surface area (Å²) in [5.74, 6) is 0.247. The van der Waals surface area contributed by atoms with E-state index in [0.29, 0.717) is 0 Å². The molecule has 0 spiro atoms. The molecule has 2 heterocycles. The molecule has 2 bridgehead atoms. The van der Waals surface area contributed by atoms with Crippen molar-refractivity contribution in [1.82, 2.24) is 0 Å². The minimum absolute atomic E-state index is 0.191. The van der Waals surface area contributed by atoms with Crippen molar-refractivity contribution < 1.29 is 13.2 Å². The molecule has 1 saturated heterocycles. The third-order valence-corrected chi connectivity index (χ3v) is 3.94. The summed E-state index contributed by atoms with van der Waals surface area (Å²) in [4.78, 5) is 2.13. The third-order valence-electron chi connectivity index (χ3n) is 3.62. The fourth-order valence-corrected chi connectivity index (χ4v) is 3.11. The normalized spacial score (nSPS) is 22.8. The van der Waals surface area contributed by atoms with Crippen LogP contribution < -0.4 is 4.90 Å². The molecule has 1 nitrogen and oxygen atoms in total. The summed E-state index contributed by atoms with van der Waals surface area (Å²) in [6.45, 7) is 1.76. The maximum atomic E-state index is 12.8. The first kappa shape index (κ1) is 11.2. The standard InChI is InChI=1S/C12H11ClF3N/c13-10-5-11-8(4-9(10)12(14,15)16)7-2-1-3-17(11)6-7/h4-5,7H,1-3,6H2. The van der Waals surface area contributed by atoms with Crippen molar-refractivity contribution in [1.29, 1.82) is 0 Å². The molecule has 92 valence electrons. The zero-order valence-electron chi connectivity index (χ0n) is 9.02. The summed E-state index contributed by atoms with van der Waals surface area (Å²) in [6, 6.07) is 2.72. The second-order valence-corrected chi connectivity index (χ2v) is 5.08. The minimum atomic E-state index is -4.36. The Kier molecular flexibility index (Phi) is 2.34. The van der Waals surface area contributed by atoms with Gasteiger partial charge in [-0.05, 0) is 30.5 Å². The first-order valence-corrected chi connectivity index (χ1v) is 6.00. The van der Waals surface area contributed by atoms with Gasteiger partial charge < -0.3 is 4.90 Å². The minimum Gasteiger partial charge on any atom is -0.371 e. The smallest absolute Gasteiger partial charge is 0.371 e. The van der Waals surface area contributed by atoms with Crippen molar-refractivity contribution in [2.75, 3.05) is 18.0 Å². The molecule has 0 N–H and O–H groups in total. The Morgan fingerprint density at radius 2 is 2.06 bits per heavy atom. The molecule has 1 aromatic rings. The van der Waals surface area contributed by atoms with Gasteiger partial charge in [-0.2, -0.15) is 13.2 Å². The van der Waals surface area contributed by atoms with E-state index in [2.05, 4.69) is 4.90 Å². The lowest BCUT2D eigenvalue weighted by molar-refractivity contribution is -0.137. The fraction of sp³-hybridized carbons (Fsp3) is 0.500. The highest BCUT2D eigenvalue weighted by molar-refractivity contribution is 6.31. The topological polar surface area (TPSA) is 3.24 Å². The summed E-state index contributed by atoms with van der Waals surface area (Å²) in [6.07, 6.45) is -2.35. The van der Waals surface area contributed by atoms with Gasteiger partial charge in [0.25, 0.3) is 0 Å². The number of alkyl halides is 3. The summed E-state index contributed by atoms with van der Waals surface area (Å²) in [5, 5.41) is -0.191. The highest BCUT2D eigenvalue weighted by Gasteiger charge is 2.38. The summed E-state index contributed by atoms with van der Waals surface area (Å²) in [5.41, 5.74) is 1.01. The number of hydrogen-bond donors (Lipinski definition) is 0. The average Bonchev–Trinajstić information content (AvgIpc) is 2.48. The molecule has 0 aromatic heterocycles. The number of fused-ring (bicyclic) bond motifs is 5. The van der Waals surface area contributed by atoms with E-state index in [9.17, 15) is 13.2 Å². The Labute approximate surface area is 102 Å². The third kappa shape index (κ3) is 1.69. The molecule has 0 radical (unpaired) electrons. The van der Waals surface area contributed by atoms with Crippen molar-refractivity contribution in [2.24, 2.45) is 0 Å². The van der Waals surface area contributed by atoms with Gasteiger partial charge in [-0.1, -0.05) is 11.6 Å². The highest BCUT2D eigenvalue weighted by atomic mass is 35.5. The molecule has 0 amide bonds. The molecule has 1 unspecified atom stereocenters. The molecular formula is C12H11ClF3N. The van der Waals surface area contributed by atoms with Crippen LogP contribution in [0, 0.1) is 0 Å². The lowest BCUT2D eigenvalue weighted by Crippen LogP contribution is -2.27. The van der Waals surface area contributed by atoms with Crippen LogP contribution in [0.25, 0.3) is 0 Å². The predicted molar refractivity (Wildman–Crippen MR) is 60.6 cm³/mol. The van der Waals surface area contributed by atoms with E-state index in [1.54, 1.807) is 0 Å². The van der Waals surface area contributed by atoms with E-state index in [0.717, 1.165) is 37.2 Å². The van der Waals surface area contributed by atoms with Gasteiger partial charge in [0.2, 0.25) is 0 Å². The molecule has 2 aliphatic heterocycles. The van der Waals surface area contributed by atoms with Gasteiger partial charge in [-0.25, -0.2) is 0 Å². The average molecular weight is 262 g/mol. The Morgan fingerprint density at radius 1 is 1.29 bits per heavy atom. The molecule has 2 aliphatic rings. The quantitative estimate of drug-likeness (QED) is 0.681. The number of rotatable bonds is 0. The van der Waals surface area contributed by atoms with E-state index in [4.69, 9.17) is 11.6 Å². The van der Waals surface area contributed by atoms with Gasteiger partial charge in [0.1, 0.15) is 0 Å². The van der Waals surface area contributed by atoms with Crippen molar-refractivity contribution >= 4 is 17.3 Å². The van der Waals surface area contributed by atoms with Crippen LogP contribution in [0.4, 0.5) is 18.9 Å². The maximum Gasteiger partial charge on any atom is 0.417 e. The predicted octanol–water partition coefficient (Wildman–Crippen LogP) is 4.06. The number of anilines is 1. The number of benzene rings is 1. The van der Waals surface area contributed by atoms with Crippen LogP contribution >= 0.6 is 11.6 Å². The number of hydrogen-bond acceptors (Lipinski definition) is 1. The van der Waals surface area contributed by atoms with Gasteiger partial charge in [0.05, 0.1) is 10.6 Å². The van der Waals surface area contributed by atoms with E-state index >= 15 is 0 Å². The van der Waals surface area contributed by atoms with Crippen LogP contribution in [-0.2, 0) is 6.18 Å². The summed E-state index contributed by atoms with van der Waals surface area (Å²) in [7, 11) is 0. The van der Waals surface area contributed by atoms with Crippen molar-refractivity contribution in [3.63, 3.8) is 0 Å².